The van der Waals surface area contributed by atoms with E-state index in [-0.39, 0.29) is 10.5 Å². The lowest BCUT2D eigenvalue weighted by Gasteiger charge is -2.23. The molecular weight excluding hydrogens is 598 g/mol. The number of para-hydroxylation sites is 1. The quantitative estimate of drug-likeness (QED) is 0.230. The number of rotatable bonds is 7. The van der Waals surface area contributed by atoms with Crippen molar-refractivity contribution in [2.45, 2.75) is 37.5 Å². The van der Waals surface area contributed by atoms with E-state index in [1.165, 1.54) is 30.5 Å². The molecule has 0 aliphatic carbocycles. The number of nitrogens with one attached hydrogen (secondary N) is 2. The molecule has 1 unspecified atom stereocenters. The maximum absolute atomic E-state index is 14.4. The van der Waals surface area contributed by atoms with Gasteiger partial charge in [-0.1, -0.05) is 48.5 Å². The SMILES string of the molecule is Cc1nn(S(=O)(=O)c2ccccc2)c(C)c1-c1cc2cnc(Nc3ccc(C4CCCNC4)cc3)nc2n(-c2ccccc2)c1=O. The Morgan fingerprint density at radius 2 is 1.65 bits per heavy atom. The normalized spacial score (nSPS) is 15.2. The lowest BCUT2D eigenvalue weighted by Crippen LogP contribution is -2.28. The molecule has 0 amide bonds. The van der Waals surface area contributed by atoms with Crippen LogP contribution in [0.1, 0.15) is 35.7 Å². The van der Waals surface area contributed by atoms with Crippen LogP contribution in [0.5, 0.6) is 0 Å². The number of aromatic nitrogens is 5. The summed E-state index contributed by atoms with van der Waals surface area (Å²) in [5.41, 5.74) is 4.34. The largest absolute Gasteiger partial charge is 0.324 e. The first-order valence-electron chi connectivity index (χ1n) is 15.2. The molecule has 6 aromatic rings. The molecule has 232 valence electrons. The third-order valence-electron chi connectivity index (χ3n) is 8.48. The second-order valence-electron chi connectivity index (χ2n) is 11.5. The molecule has 3 aromatic heterocycles. The average molecular weight is 632 g/mol. The zero-order valence-electron chi connectivity index (χ0n) is 25.5. The van der Waals surface area contributed by atoms with Crippen molar-refractivity contribution in [2.75, 3.05) is 18.4 Å². The highest BCUT2D eigenvalue weighted by Gasteiger charge is 2.27. The minimum atomic E-state index is -3.98. The number of benzene rings is 3. The summed E-state index contributed by atoms with van der Waals surface area (Å²) < 4.78 is 29.6. The van der Waals surface area contributed by atoms with E-state index in [9.17, 15) is 13.2 Å². The van der Waals surface area contributed by atoms with E-state index in [0.29, 0.717) is 51.1 Å². The monoisotopic (exact) mass is 631 g/mol. The van der Waals surface area contributed by atoms with Gasteiger partial charge in [0.25, 0.3) is 15.6 Å². The van der Waals surface area contributed by atoms with Gasteiger partial charge < -0.3 is 10.6 Å². The van der Waals surface area contributed by atoms with Crippen molar-refractivity contribution in [2.24, 2.45) is 0 Å². The van der Waals surface area contributed by atoms with Gasteiger partial charge in [0.15, 0.2) is 5.65 Å². The van der Waals surface area contributed by atoms with Crippen molar-refractivity contribution in [1.29, 1.82) is 0 Å². The van der Waals surface area contributed by atoms with Crippen molar-refractivity contribution < 1.29 is 8.42 Å². The van der Waals surface area contributed by atoms with Crippen molar-refractivity contribution in [3.8, 4) is 16.8 Å². The standard InChI is InChI=1S/C35H33N7O3S/c1-23-32(24(2)42(40-23)46(44,45)30-13-7-4-8-14-30)31-20-27-22-37-35(39-33(27)41(34(31)43)29-11-5-3-6-12-29)38-28-17-15-25(16-18-28)26-10-9-19-36-21-26/h3-8,11-18,20,22,26,36H,9-10,19,21H2,1-2H3,(H,37,38,39). The summed E-state index contributed by atoms with van der Waals surface area (Å²) in [4.78, 5) is 23.9. The van der Waals surface area contributed by atoms with Gasteiger partial charge in [-0.15, -0.1) is 0 Å². The molecule has 11 heteroatoms. The van der Waals surface area contributed by atoms with Crippen LogP contribution in [0.25, 0.3) is 27.8 Å². The van der Waals surface area contributed by atoms with Crippen LogP contribution in [0.4, 0.5) is 11.6 Å². The van der Waals surface area contributed by atoms with Gasteiger partial charge in [0, 0.05) is 29.4 Å². The Balaban J connectivity index is 1.32. The molecule has 0 saturated carbocycles. The summed E-state index contributed by atoms with van der Waals surface area (Å²) in [7, 11) is -3.98. The fourth-order valence-corrected chi connectivity index (χ4v) is 7.57. The highest BCUT2D eigenvalue weighted by atomic mass is 32.2. The number of hydrogen-bond acceptors (Lipinski definition) is 8. The number of nitrogens with zero attached hydrogens (tertiary/aromatic N) is 5. The minimum Gasteiger partial charge on any atom is -0.324 e. The molecule has 46 heavy (non-hydrogen) atoms. The van der Waals surface area contributed by atoms with Gasteiger partial charge in [0.05, 0.1) is 27.5 Å². The van der Waals surface area contributed by atoms with Crippen LogP contribution < -0.4 is 16.2 Å². The highest BCUT2D eigenvalue weighted by Crippen LogP contribution is 2.30. The Labute approximate surface area is 266 Å². The molecule has 3 aromatic carbocycles. The molecule has 10 nitrogen and oxygen atoms in total. The van der Waals surface area contributed by atoms with E-state index < -0.39 is 10.0 Å². The summed E-state index contributed by atoms with van der Waals surface area (Å²) in [6, 6.07) is 27.4. The van der Waals surface area contributed by atoms with Gasteiger partial charge in [-0.05, 0) is 87.2 Å². The van der Waals surface area contributed by atoms with Crippen molar-refractivity contribution in [3.05, 3.63) is 124 Å². The fraction of sp³-hybridized carbons (Fsp3) is 0.200. The van der Waals surface area contributed by atoms with Crippen molar-refractivity contribution >= 4 is 32.7 Å². The second-order valence-corrected chi connectivity index (χ2v) is 13.3. The fourth-order valence-electron chi connectivity index (χ4n) is 6.19. The number of hydrogen-bond donors (Lipinski definition) is 2. The summed E-state index contributed by atoms with van der Waals surface area (Å²) >= 11 is 0. The van der Waals surface area contributed by atoms with Gasteiger partial charge in [-0.2, -0.15) is 22.6 Å². The van der Waals surface area contributed by atoms with Crippen LogP contribution in [0, 0.1) is 13.8 Å². The number of anilines is 2. The van der Waals surface area contributed by atoms with E-state index in [2.05, 4.69) is 32.8 Å². The molecule has 1 aliphatic rings. The summed E-state index contributed by atoms with van der Waals surface area (Å²) in [6.07, 6.45) is 4.02. The van der Waals surface area contributed by atoms with Crippen LogP contribution in [0.3, 0.4) is 0 Å². The second kappa shape index (κ2) is 12.0. The molecule has 1 fully saturated rings. The Bertz CT molecular complexity index is 2210. The predicted molar refractivity (Wildman–Crippen MR) is 179 cm³/mol. The third-order valence-corrected chi connectivity index (χ3v) is 10.2. The Hall–Kier alpha value is -5.13. The van der Waals surface area contributed by atoms with E-state index >= 15 is 0 Å². The lowest BCUT2D eigenvalue weighted by atomic mass is 9.92. The summed E-state index contributed by atoms with van der Waals surface area (Å²) in [6.45, 7) is 5.42. The van der Waals surface area contributed by atoms with Crippen molar-refractivity contribution in [3.63, 3.8) is 0 Å². The van der Waals surface area contributed by atoms with Gasteiger partial charge in [0.1, 0.15) is 0 Å². The topological polar surface area (TPSA) is 124 Å². The van der Waals surface area contributed by atoms with Crippen LogP contribution in [-0.4, -0.2) is 45.2 Å². The molecular formula is C35H33N7O3S. The van der Waals surface area contributed by atoms with Gasteiger partial charge >= 0.3 is 0 Å². The van der Waals surface area contributed by atoms with E-state index in [0.717, 1.165) is 22.9 Å². The molecule has 4 heterocycles. The molecule has 7 rings (SSSR count). The minimum absolute atomic E-state index is 0.112. The van der Waals surface area contributed by atoms with Gasteiger partial charge in [-0.25, -0.2) is 4.98 Å². The molecule has 2 N–H and O–H groups in total. The first kappa shape index (κ1) is 29.6. The Morgan fingerprint density at radius 3 is 2.35 bits per heavy atom. The molecule has 0 spiro atoms. The molecule has 0 bridgehead atoms. The zero-order valence-corrected chi connectivity index (χ0v) is 26.3. The Kier molecular flexibility index (Phi) is 7.71. The molecule has 1 saturated heterocycles. The number of pyridine rings is 1. The van der Waals surface area contributed by atoms with E-state index in [1.807, 2.05) is 42.5 Å². The maximum atomic E-state index is 14.4. The van der Waals surface area contributed by atoms with Gasteiger partial charge in [0.2, 0.25) is 5.95 Å². The van der Waals surface area contributed by atoms with E-state index in [1.54, 1.807) is 48.9 Å². The van der Waals surface area contributed by atoms with Crippen LogP contribution in [0.15, 0.2) is 107 Å². The maximum Gasteiger partial charge on any atom is 0.283 e. The smallest absolute Gasteiger partial charge is 0.283 e. The van der Waals surface area contributed by atoms with Crippen molar-refractivity contribution in [1.82, 2.24) is 29.0 Å². The zero-order chi connectivity index (χ0) is 31.8. The summed E-state index contributed by atoms with van der Waals surface area (Å²) in [5.74, 6) is 0.859. The first-order valence-corrected chi connectivity index (χ1v) is 16.7. The molecule has 1 aliphatic heterocycles. The number of aryl methyl sites for hydroxylation is 1. The van der Waals surface area contributed by atoms with Crippen LogP contribution in [-0.2, 0) is 10.0 Å². The van der Waals surface area contributed by atoms with Crippen LogP contribution >= 0.6 is 0 Å². The lowest BCUT2D eigenvalue weighted by molar-refractivity contribution is 0.461. The number of piperidine rings is 1. The summed E-state index contributed by atoms with van der Waals surface area (Å²) in [5, 5.41) is 11.8. The average Bonchev–Trinajstić information content (AvgIpc) is 3.39. The third kappa shape index (κ3) is 5.37. The molecule has 0 radical (unpaired) electrons. The first-order chi connectivity index (χ1) is 22.3. The van der Waals surface area contributed by atoms with E-state index in [4.69, 9.17) is 4.98 Å². The van der Waals surface area contributed by atoms with Gasteiger partial charge in [-0.3, -0.25) is 9.36 Å². The van der Waals surface area contributed by atoms with Crippen LogP contribution in [0.2, 0.25) is 0 Å². The highest BCUT2D eigenvalue weighted by molar-refractivity contribution is 7.89. The predicted octanol–water partition coefficient (Wildman–Crippen LogP) is 5.71. The molecule has 1 atom stereocenters. The Morgan fingerprint density at radius 1 is 0.935 bits per heavy atom. The number of fused-ring (bicyclic) bond motifs is 1.